The molecule has 2 heterocycles. The molecule has 0 unspecified atom stereocenters. The predicted octanol–water partition coefficient (Wildman–Crippen LogP) is 0.880. The molecule has 1 aromatic heterocycles. The number of piperazine rings is 1. The normalized spacial score (nSPS) is 17.3. The van der Waals surface area contributed by atoms with Crippen LogP contribution in [0.4, 0.5) is 5.95 Å². The minimum Gasteiger partial charge on any atom is -0.350 e. The molecule has 0 spiro atoms. The summed E-state index contributed by atoms with van der Waals surface area (Å²) in [6, 6.07) is 12.2. The highest BCUT2D eigenvalue weighted by Crippen LogP contribution is 2.17. The Morgan fingerprint density at radius 3 is 2.44 bits per heavy atom. The average molecular weight is 369 g/mol. The lowest BCUT2D eigenvalue weighted by molar-refractivity contribution is -0.914. The molecule has 1 aliphatic rings. The molecule has 1 aromatic carbocycles. The van der Waals surface area contributed by atoms with E-state index < -0.39 is 0 Å². The first-order valence-corrected chi connectivity index (χ1v) is 9.88. The molecule has 6 nitrogen and oxygen atoms in total. The number of aromatic nitrogens is 2. The van der Waals surface area contributed by atoms with Crippen molar-refractivity contribution in [2.24, 2.45) is 0 Å². The largest absolute Gasteiger partial charge is 0.350 e. The van der Waals surface area contributed by atoms with Gasteiger partial charge < -0.3 is 15.1 Å². The maximum Gasteiger partial charge on any atom is 0.278 e. The van der Waals surface area contributed by atoms with Gasteiger partial charge in [0.1, 0.15) is 0 Å². The topological polar surface area (TPSA) is 62.6 Å². The van der Waals surface area contributed by atoms with E-state index in [1.165, 1.54) is 10.5 Å². The molecule has 0 saturated carbocycles. The molecule has 144 valence electrons. The molecule has 0 radical (unpaired) electrons. The van der Waals surface area contributed by atoms with Gasteiger partial charge in [0.15, 0.2) is 6.04 Å². The maximum atomic E-state index is 12.7. The van der Waals surface area contributed by atoms with Gasteiger partial charge in [-0.25, -0.2) is 9.97 Å². The fourth-order valence-electron chi connectivity index (χ4n) is 3.67. The van der Waals surface area contributed by atoms with Crippen molar-refractivity contribution in [2.45, 2.75) is 32.2 Å². The van der Waals surface area contributed by atoms with Crippen LogP contribution >= 0.6 is 0 Å². The summed E-state index contributed by atoms with van der Waals surface area (Å²) in [6.07, 6.45) is 4.56. The number of benzene rings is 1. The Kier molecular flexibility index (Phi) is 6.76. The summed E-state index contributed by atoms with van der Waals surface area (Å²) in [5, 5.41) is 3.17. The molecular formula is C21H30N5O+. The van der Waals surface area contributed by atoms with Crippen LogP contribution < -0.4 is 15.1 Å². The zero-order valence-electron chi connectivity index (χ0n) is 16.3. The molecular weight excluding hydrogens is 338 g/mol. The fraction of sp³-hybridized carbons (Fsp3) is 0.476. The van der Waals surface area contributed by atoms with E-state index in [0.717, 1.165) is 38.5 Å². The molecule has 6 heteroatoms. The van der Waals surface area contributed by atoms with Crippen molar-refractivity contribution in [3.8, 4) is 0 Å². The number of nitrogens with one attached hydrogen (secondary N) is 2. The molecule has 1 fully saturated rings. The van der Waals surface area contributed by atoms with Crippen molar-refractivity contribution in [1.82, 2.24) is 15.3 Å². The van der Waals surface area contributed by atoms with Gasteiger partial charge in [-0.15, -0.1) is 0 Å². The molecule has 2 aromatic rings. The summed E-state index contributed by atoms with van der Waals surface area (Å²) < 4.78 is 0. The monoisotopic (exact) mass is 368 g/mol. The van der Waals surface area contributed by atoms with Gasteiger partial charge in [0.2, 0.25) is 5.95 Å². The van der Waals surface area contributed by atoms with E-state index in [9.17, 15) is 4.79 Å². The molecule has 27 heavy (non-hydrogen) atoms. The van der Waals surface area contributed by atoms with Crippen LogP contribution in [-0.4, -0.2) is 54.6 Å². The van der Waals surface area contributed by atoms with Gasteiger partial charge in [-0.2, -0.15) is 0 Å². The quantitative estimate of drug-likeness (QED) is 0.762. The zero-order valence-corrected chi connectivity index (χ0v) is 16.3. The minimum atomic E-state index is -0.0443. The molecule has 2 atom stereocenters. The first-order chi connectivity index (χ1) is 13.2. The average Bonchev–Trinajstić information content (AvgIpc) is 2.75. The fourth-order valence-corrected chi connectivity index (χ4v) is 3.67. The van der Waals surface area contributed by atoms with Crippen LogP contribution in [0.2, 0.25) is 0 Å². The lowest BCUT2D eigenvalue weighted by Gasteiger charge is -2.34. The third kappa shape index (κ3) is 5.04. The van der Waals surface area contributed by atoms with Crippen molar-refractivity contribution in [1.29, 1.82) is 0 Å². The highest BCUT2D eigenvalue weighted by atomic mass is 16.2. The van der Waals surface area contributed by atoms with E-state index in [-0.39, 0.29) is 11.9 Å². The van der Waals surface area contributed by atoms with Crippen molar-refractivity contribution in [2.75, 3.05) is 37.6 Å². The second kappa shape index (κ2) is 9.46. The lowest BCUT2D eigenvalue weighted by atomic mass is 9.96. The van der Waals surface area contributed by atoms with E-state index in [2.05, 4.69) is 51.4 Å². The van der Waals surface area contributed by atoms with Gasteiger partial charge >= 0.3 is 0 Å². The number of quaternary nitrogens is 1. The summed E-state index contributed by atoms with van der Waals surface area (Å²) in [5.74, 6) is 1.29. The van der Waals surface area contributed by atoms with E-state index in [1.54, 1.807) is 12.4 Å². The summed E-state index contributed by atoms with van der Waals surface area (Å²) in [7, 11) is 0. The van der Waals surface area contributed by atoms with Gasteiger partial charge in [0.05, 0.1) is 26.2 Å². The Balaban J connectivity index is 1.48. The highest BCUT2D eigenvalue weighted by Gasteiger charge is 2.30. The Morgan fingerprint density at radius 1 is 1.15 bits per heavy atom. The third-order valence-electron chi connectivity index (χ3n) is 5.53. The van der Waals surface area contributed by atoms with Crippen molar-refractivity contribution in [3.63, 3.8) is 0 Å². The Labute approximate surface area is 161 Å². The van der Waals surface area contributed by atoms with Crippen LogP contribution in [0.15, 0.2) is 48.8 Å². The van der Waals surface area contributed by atoms with Crippen LogP contribution in [0.1, 0.15) is 31.7 Å². The lowest BCUT2D eigenvalue weighted by Crippen LogP contribution is -3.19. The van der Waals surface area contributed by atoms with Gasteiger partial charge in [0, 0.05) is 24.9 Å². The maximum absolute atomic E-state index is 12.7. The van der Waals surface area contributed by atoms with Gasteiger partial charge in [0.25, 0.3) is 5.91 Å². The minimum absolute atomic E-state index is 0.0443. The smallest absolute Gasteiger partial charge is 0.278 e. The third-order valence-corrected chi connectivity index (χ3v) is 5.53. The summed E-state index contributed by atoms with van der Waals surface area (Å²) in [5.41, 5.74) is 1.29. The number of rotatable bonds is 7. The summed E-state index contributed by atoms with van der Waals surface area (Å²) in [6.45, 7) is 8.48. The number of hydrogen-bond acceptors (Lipinski definition) is 4. The SMILES string of the molecule is CC[C@H](CNC(=O)[C@H](C)[NH+]1CCN(c2ncccn2)CC1)c1ccccc1. The Bertz CT molecular complexity index is 701. The molecule has 2 N–H and O–H groups in total. The van der Waals surface area contributed by atoms with E-state index in [0.29, 0.717) is 12.5 Å². The van der Waals surface area contributed by atoms with Crippen LogP contribution in [0, 0.1) is 0 Å². The Hall–Kier alpha value is -2.47. The summed E-state index contributed by atoms with van der Waals surface area (Å²) in [4.78, 5) is 24.8. The van der Waals surface area contributed by atoms with Crippen LogP contribution in [-0.2, 0) is 4.79 Å². The summed E-state index contributed by atoms with van der Waals surface area (Å²) >= 11 is 0. The van der Waals surface area contributed by atoms with Crippen LogP contribution in [0.3, 0.4) is 0 Å². The van der Waals surface area contributed by atoms with Crippen LogP contribution in [0.25, 0.3) is 0 Å². The van der Waals surface area contributed by atoms with Crippen LogP contribution in [0.5, 0.6) is 0 Å². The van der Waals surface area contributed by atoms with Crippen molar-refractivity contribution >= 4 is 11.9 Å². The number of amides is 1. The van der Waals surface area contributed by atoms with E-state index >= 15 is 0 Å². The van der Waals surface area contributed by atoms with Gasteiger partial charge in [-0.3, -0.25) is 4.79 Å². The number of hydrogen-bond donors (Lipinski definition) is 2. The Morgan fingerprint density at radius 2 is 1.81 bits per heavy atom. The van der Waals surface area contributed by atoms with E-state index in [1.807, 2.05) is 19.1 Å². The van der Waals surface area contributed by atoms with Gasteiger partial charge in [-0.05, 0) is 25.0 Å². The highest BCUT2D eigenvalue weighted by molar-refractivity contribution is 5.80. The molecule has 1 amide bonds. The van der Waals surface area contributed by atoms with Crippen molar-refractivity contribution in [3.05, 3.63) is 54.4 Å². The van der Waals surface area contributed by atoms with Gasteiger partial charge in [-0.1, -0.05) is 37.3 Å². The van der Waals surface area contributed by atoms with E-state index in [4.69, 9.17) is 0 Å². The number of carbonyl (C=O) groups is 1. The number of carbonyl (C=O) groups excluding carboxylic acids is 1. The molecule has 3 rings (SSSR count). The first-order valence-electron chi connectivity index (χ1n) is 9.88. The number of nitrogens with zero attached hydrogens (tertiary/aromatic N) is 3. The zero-order chi connectivity index (χ0) is 19.1. The number of anilines is 1. The molecule has 0 aliphatic carbocycles. The molecule has 0 bridgehead atoms. The second-order valence-corrected chi connectivity index (χ2v) is 7.18. The predicted molar refractivity (Wildman–Crippen MR) is 107 cm³/mol. The first kappa shape index (κ1) is 19.3. The second-order valence-electron chi connectivity index (χ2n) is 7.18. The molecule has 1 saturated heterocycles. The molecule has 1 aliphatic heterocycles. The van der Waals surface area contributed by atoms with Crippen molar-refractivity contribution < 1.29 is 9.69 Å². The standard InChI is InChI=1S/C21H29N5O/c1-3-18(19-8-5-4-6-9-19)16-24-20(27)17(2)25-12-14-26(15-13-25)21-22-10-7-11-23-21/h4-11,17-18H,3,12-16H2,1-2H3,(H,24,27)/p+1/t17-,18+/m0/s1.